The summed E-state index contributed by atoms with van der Waals surface area (Å²) in [7, 11) is 0. The average molecular weight is 302 g/mol. The van der Waals surface area contributed by atoms with Crippen molar-refractivity contribution in [1.82, 2.24) is 9.80 Å². The second kappa shape index (κ2) is 6.80. The topological polar surface area (TPSA) is 32.8 Å². The number of likely N-dealkylation sites (tertiary alicyclic amines) is 1. The van der Waals surface area contributed by atoms with Gasteiger partial charge in [0.2, 0.25) is 5.91 Å². The van der Waals surface area contributed by atoms with Crippen molar-refractivity contribution >= 4 is 5.91 Å². The molecule has 4 heteroatoms. The Bertz CT molecular complexity index is 501. The second-order valence-electron chi connectivity index (χ2n) is 6.59. The van der Waals surface area contributed by atoms with Gasteiger partial charge in [-0.15, -0.1) is 0 Å². The van der Waals surface area contributed by atoms with Crippen LogP contribution < -0.4 is 0 Å². The molecule has 0 saturated carbocycles. The number of benzene rings is 1. The Morgan fingerprint density at radius 3 is 2.82 bits per heavy atom. The average Bonchev–Trinajstić information content (AvgIpc) is 2.54. The number of piperidine rings is 1. The van der Waals surface area contributed by atoms with Gasteiger partial charge in [-0.2, -0.15) is 0 Å². The van der Waals surface area contributed by atoms with Crippen LogP contribution in [-0.4, -0.2) is 60.6 Å². The first-order valence-corrected chi connectivity index (χ1v) is 8.33. The summed E-state index contributed by atoms with van der Waals surface area (Å²) >= 11 is 0. The van der Waals surface area contributed by atoms with Crippen molar-refractivity contribution in [2.45, 2.75) is 31.8 Å². The first-order chi connectivity index (χ1) is 10.7. The highest BCUT2D eigenvalue weighted by molar-refractivity contribution is 5.73. The predicted molar refractivity (Wildman–Crippen MR) is 86.8 cm³/mol. The fourth-order valence-corrected chi connectivity index (χ4v) is 3.67. The van der Waals surface area contributed by atoms with Gasteiger partial charge in [0, 0.05) is 26.6 Å². The summed E-state index contributed by atoms with van der Waals surface area (Å²) in [6.45, 7) is 6.98. The monoisotopic (exact) mass is 302 g/mol. The molecule has 0 aliphatic carbocycles. The molecule has 120 valence electrons. The minimum Gasteiger partial charge on any atom is -0.370 e. The molecule has 1 aromatic carbocycles. The number of ether oxygens (including phenoxy) is 1. The summed E-state index contributed by atoms with van der Waals surface area (Å²) in [6, 6.07) is 10.6. The highest BCUT2D eigenvalue weighted by Crippen LogP contribution is 2.29. The number of carbonyl (C=O) groups is 1. The number of nitrogens with zero attached hydrogens (tertiary/aromatic N) is 2. The molecule has 2 saturated heterocycles. The van der Waals surface area contributed by atoms with Crippen molar-refractivity contribution < 1.29 is 9.53 Å². The molecule has 0 aromatic heterocycles. The van der Waals surface area contributed by atoms with Gasteiger partial charge in [-0.3, -0.25) is 4.79 Å². The van der Waals surface area contributed by atoms with Gasteiger partial charge in [-0.25, -0.2) is 0 Å². The zero-order valence-corrected chi connectivity index (χ0v) is 13.5. The molecule has 3 rings (SSSR count). The Kier molecular flexibility index (Phi) is 4.79. The van der Waals surface area contributed by atoms with Crippen LogP contribution >= 0.6 is 0 Å². The van der Waals surface area contributed by atoms with E-state index in [1.165, 1.54) is 5.56 Å². The van der Waals surface area contributed by atoms with E-state index in [0.29, 0.717) is 6.61 Å². The van der Waals surface area contributed by atoms with Crippen LogP contribution in [0.4, 0.5) is 0 Å². The Labute approximate surface area is 133 Å². The fourth-order valence-electron chi connectivity index (χ4n) is 3.67. The third-order valence-electron chi connectivity index (χ3n) is 4.87. The smallest absolute Gasteiger partial charge is 0.219 e. The molecule has 0 N–H and O–H groups in total. The molecule has 1 amide bonds. The normalized spacial score (nSPS) is 26.3. The van der Waals surface area contributed by atoms with Crippen molar-refractivity contribution in [3.8, 4) is 0 Å². The predicted octanol–water partition coefficient (Wildman–Crippen LogP) is 1.94. The second-order valence-corrected chi connectivity index (χ2v) is 6.59. The van der Waals surface area contributed by atoms with Gasteiger partial charge in [-0.05, 0) is 31.4 Å². The largest absolute Gasteiger partial charge is 0.370 e. The molecule has 1 unspecified atom stereocenters. The van der Waals surface area contributed by atoms with E-state index in [-0.39, 0.29) is 11.5 Å². The van der Waals surface area contributed by atoms with Crippen LogP contribution in [0.3, 0.4) is 0 Å². The van der Waals surface area contributed by atoms with Gasteiger partial charge in [0.15, 0.2) is 0 Å². The van der Waals surface area contributed by atoms with E-state index in [1.54, 1.807) is 6.92 Å². The van der Waals surface area contributed by atoms with E-state index in [2.05, 4.69) is 35.2 Å². The molecular weight excluding hydrogens is 276 g/mol. The zero-order chi connectivity index (χ0) is 15.4. The maximum atomic E-state index is 11.7. The standard InChI is InChI=1S/C18H26N2O2/c1-16(21)20-12-13-22-18(15-20)9-5-10-19(14-18)11-8-17-6-3-2-4-7-17/h2-4,6-7H,5,8-15H2,1H3. The van der Waals surface area contributed by atoms with Crippen LogP contribution in [0.15, 0.2) is 30.3 Å². The minimum absolute atomic E-state index is 0.140. The molecular formula is C18H26N2O2. The summed E-state index contributed by atoms with van der Waals surface area (Å²) in [4.78, 5) is 16.1. The van der Waals surface area contributed by atoms with E-state index in [1.807, 2.05) is 4.90 Å². The Hall–Kier alpha value is -1.39. The molecule has 1 spiro atoms. The van der Waals surface area contributed by atoms with Gasteiger partial charge >= 0.3 is 0 Å². The minimum atomic E-state index is -0.140. The number of hydrogen-bond acceptors (Lipinski definition) is 3. The van der Waals surface area contributed by atoms with Gasteiger partial charge in [-0.1, -0.05) is 30.3 Å². The molecule has 1 aromatic rings. The van der Waals surface area contributed by atoms with E-state index >= 15 is 0 Å². The van der Waals surface area contributed by atoms with E-state index < -0.39 is 0 Å². The number of rotatable bonds is 3. The van der Waals surface area contributed by atoms with Crippen molar-refractivity contribution in [3.63, 3.8) is 0 Å². The lowest BCUT2D eigenvalue weighted by atomic mass is 9.90. The van der Waals surface area contributed by atoms with Crippen LogP contribution in [0, 0.1) is 0 Å². The van der Waals surface area contributed by atoms with Gasteiger partial charge in [0.25, 0.3) is 0 Å². The SMILES string of the molecule is CC(=O)N1CCOC2(CCCN(CCc3ccccc3)C2)C1. The van der Waals surface area contributed by atoms with E-state index in [0.717, 1.165) is 52.0 Å². The van der Waals surface area contributed by atoms with Crippen LogP contribution in [0.1, 0.15) is 25.3 Å². The van der Waals surface area contributed by atoms with E-state index in [9.17, 15) is 4.79 Å². The zero-order valence-electron chi connectivity index (χ0n) is 13.5. The summed E-state index contributed by atoms with van der Waals surface area (Å²) in [5.41, 5.74) is 1.25. The molecule has 2 aliphatic rings. The van der Waals surface area contributed by atoms with Crippen LogP contribution in [0.5, 0.6) is 0 Å². The van der Waals surface area contributed by atoms with Crippen molar-refractivity contribution in [2.75, 3.05) is 39.3 Å². The van der Waals surface area contributed by atoms with Crippen molar-refractivity contribution in [2.24, 2.45) is 0 Å². The third-order valence-corrected chi connectivity index (χ3v) is 4.87. The summed E-state index contributed by atoms with van der Waals surface area (Å²) in [6.07, 6.45) is 3.30. The van der Waals surface area contributed by atoms with Gasteiger partial charge in [0.1, 0.15) is 0 Å². The molecule has 2 heterocycles. The maximum absolute atomic E-state index is 11.7. The molecule has 0 bridgehead atoms. The molecule has 4 nitrogen and oxygen atoms in total. The molecule has 2 fully saturated rings. The lowest BCUT2D eigenvalue weighted by Gasteiger charge is -2.48. The number of hydrogen-bond donors (Lipinski definition) is 0. The Morgan fingerprint density at radius 1 is 1.23 bits per heavy atom. The molecule has 0 radical (unpaired) electrons. The summed E-state index contributed by atoms with van der Waals surface area (Å²) in [5.74, 6) is 0.170. The number of amides is 1. The first kappa shape index (κ1) is 15.5. The van der Waals surface area contributed by atoms with Crippen LogP contribution in [0.2, 0.25) is 0 Å². The fraction of sp³-hybridized carbons (Fsp3) is 0.611. The number of morpholine rings is 1. The molecule has 2 aliphatic heterocycles. The lowest BCUT2D eigenvalue weighted by Crippen LogP contribution is -2.60. The Balaban J connectivity index is 1.58. The van der Waals surface area contributed by atoms with Crippen molar-refractivity contribution in [3.05, 3.63) is 35.9 Å². The first-order valence-electron chi connectivity index (χ1n) is 8.33. The Morgan fingerprint density at radius 2 is 2.05 bits per heavy atom. The van der Waals surface area contributed by atoms with Crippen molar-refractivity contribution in [1.29, 1.82) is 0 Å². The summed E-state index contributed by atoms with van der Waals surface area (Å²) < 4.78 is 6.13. The van der Waals surface area contributed by atoms with Gasteiger partial charge in [0.05, 0.1) is 18.8 Å². The summed E-state index contributed by atoms with van der Waals surface area (Å²) in [5, 5.41) is 0. The van der Waals surface area contributed by atoms with E-state index in [4.69, 9.17) is 4.74 Å². The van der Waals surface area contributed by atoms with Gasteiger partial charge < -0.3 is 14.5 Å². The lowest BCUT2D eigenvalue weighted by molar-refractivity contribution is -0.159. The quantitative estimate of drug-likeness (QED) is 0.855. The highest BCUT2D eigenvalue weighted by Gasteiger charge is 2.40. The highest BCUT2D eigenvalue weighted by atomic mass is 16.5. The van der Waals surface area contributed by atoms with Crippen LogP contribution in [-0.2, 0) is 16.0 Å². The third kappa shape index (κ3) is 3.68. The maximum Gasteiger partial charge on any atom is 0.219 e. The number of carbonyl (C=O) groups excluding carboxylic acids is 1. The molecule has 22 heavy (non-hydrogen) atoms. The molecule has 1 atom stereocenters. The van der Waals surface area contributed by atoms with Crippen LogP contribution in [0.25, 0.3) is 0 Å².